The lowest BCUT2D eigenvalue weighted by atomic mass is 10.2. The molecule has 0 bridgehead atoms. The van der Waals surface area contributed by atoms with Gasteiger partial charge in [-0.1, -0.05) is 60.7 Å². The molecule has 7 nitrogen and oxygen atoms in total. The first-order valence-corrected chi connectivity index (χ1v) is 11.3. The van der Waals surface area contributed by atoms with Gasteiger partial charge in [0.2, 0.25) is 0 Å². The van der Waals surface area contributed by atoms with E-state index in [1.807, 2.05) is 67.6 Å². The summed E-state index contributed by atoms with van der Waals surface area (Å²) in [4.78, 5) is 34.8. The number of fused-ring (bicyclic) bond motifs is 1. The van der Waals surface area contributed by atoms with Crippen molar-refractivity contribution < 1.29 is 14.3 Å². The molecule has 1 amide bonds. The number of rotatable bonds is 9. The van der Waals surface area contributed by atoms with Gasteiger partial charge in [-0.3, -0.25) is 9.59 Å². The number of benzene rings is 3. The summed E-state index contributed by atoms with van der Waals surface area (Å²) in [7, 11) is 1.56. The molecule has 1 N–H and O–H groups in total. The number of amides is 1. The van der Waals surface area contributed by atoms with E-state index in [2.05, 4.69) is 9.97 Å². The monoisotopic (exact) mass is 469 g/mol. The predicted octanol–water partition coefficient (Wildman–Crippen LogP) is 4.57. The van der Waals surface area contributed by atoms with E-state index in [0.717, 1.165) is 11.1 Å². The number of nitrogens with zero attached hydrogens (tertiary/aromatic N) is 2. The normalized spacial score (nSPS) is 11.0. The SMILES string of the molecule is C/C=C/c1ccc(OCC(=O)N(Cc2ccccc2)Cc2nc3ccccc3c(=O)[nH]2)c(OC)c1. The van der Waals surface area contributed by atoms with Crippen LogP contribution in [0.4, 0.5) is 0 Å². The van der Waals surface area contributed by atoms with E-state index >= 15 is 0 Å². The summed E-state index contributed by atoms with van der Waals surface area (Å²) in [6.45, 7) is 2.23. The average molecular weight is 470 g/mol. The van der Waals surface area contributed by atoms with Gasteiger partial charge in [0.15, 0.2) is 18.1 Å². The molecule has 1 heterocycles. The third kappa shape index (κ3) is 5.95. The minimum atomic E-state index is -0.246. The van der Waals surface area contributed by atoms with Crippen molar-refractivity contribution in [2.75, 3.05) is 13.7 Å². The maximum atomic E-state index is 13.3. The highest BCUT2D eigenvalue weighted by atomic mass is 16.5. The molecule has 35 heavy (non-hydrogen) atoms. The highest BCUT2D eigenvalue weighted by Gasteiger charge is 2.18. The third-order valence-electron chi connectivity index (χ3n) is 5.47. The zero-order valence-corrected chi connectivity index (χ0v) is 19.7. The Morgan fingerprint density at radius 3 is 2.54 bits per heavy atom. The van der Waals surface area contributed by atoms with E-state index in [-0.39, 0.29) is 24.6 Å². The van der Waals surface area contributed by atoms with E-state index in [1.165, 1.54) is 0 Å². The first-order chi connectivity index (χ1) is 17.1. The van der Waals surface area contributed by atoms with Crippen molar-refractivity contribution in [3.05, 3.63) is 106 Å². The highest BCUT2D eigenvalue weighted by Crippen LogP contribution is 2.28. The van der Waals surface area contributed by atoms with E-state index in [0.29, 0.717) is 34.8 Å². The van der Waals surface area contributed by atoms with Crippen molar-refractivity contribution in [1.82, 2.24) is 14.9 Å². The number of ether oxygens (including phenoxy) is 2. The smallest absolute Gasteiger partial charge is 0.261 e. The molecule has 0 radical (unpaired) electrons. The van der Waals surface area contributed by atoms with Gasteiger partial charge in [0.05, 0.1) is 24.6 Å². The summed E-state index contributed by atoms with van der Waals surface area (Å²) in [6.07, 6.45) is 3.89. The Bertz CT molecular complexity index is 1400. The lowest BCUT2D eigenvalue weighted by Crippen LogP contribution is -2.35. The van der Waals surface area contributed by atoms with Crippen molar-refractivity contribution in [2.24, 2.45) is 0 Å². The zero-order valence-electron chi connectivity index (χ0n) is 19.7. The van der Waals surface area contributed by atoms with Crippen molar-refractivity contribution in [1.29, 1.82) is 0 Å². The second-order valence-electron chi connectivity index (χ2n) is 7.96. The average Bonchev–Trinajstić information content (AvgIpc) is 2.88. The van der Waals surface area contributed by atoms with Crippen LogP contribution in [0.25, 0.3) is 17.0 Å². The third-order valence-corrected chi connectivity index (χ3v) is 5.47. The maximum Gasteiger partial charge on any atom is 0.261 e. The molecular weight excluding hydrogens is 442 g/mol. The molecule has 0 spiro atoms. The van der Waals surface area contributed by atoms with Gasteiger partial charge in [-0.05, 0) is 42.3 Å². The molecule has 0 fully saturated rings. The number of aromatic amines is 1. The minimum Gasteiger partial charge on any atom is -0.493 e. The van der Waals surface area contributed by atoms with Crippen LogP contribution >= 0.6 is 0 Å². The number of allylic oxidation sites excluding steroid dienone is 1. The maximum absolute atomic E-state index is 13.3. The van der Waals surface area contributed by atoms with Crippen LogP contribution in [-0.2, 0) is 17.9 Å². The van der Waals surface area contributed by atoms with E-state index in [9.17, 15) is 9.59 Å². The van der Waals surface area contributed by atoms with E-state index in [4.69, 9.17) is 9.47 Å². The molecule has 3 aromatic carbocycles. The number of methoxy groups -OCH3 is 1. The Kier molecular flexibility index (Phi) is 7.57. The van der Waals surface area contributed by atoms with Crippen molar-refractivity contribution in [3.8, 4) is 11.5 Å². The molecule has 1 aromatic heterocycles. The van der Waals surface area contributed by atoms with Crippen LogP contribution in [0, 0.1) is 0 Å². The van der Waals surface area contributed by atoms with Crippen molar-refractivity contribution >= 4 is 22.9 Å². The van der Waals surface area contributed by atoms with Crippen molar-refractivity contribution in [3.63, 3.8) is 0 Å². The number of carbonyl (C=O) groups excluding carboxylic acids is 1. The number of carbonyl (C=O) groups is 1. The number of hydrogen-bond donors (Lipinski definition) is 1. The van der Waals surface area contributed by atoms with Crippen LogP contribution in [0.3, 0.4) is 0 Å². The highest BCUT2D eigenvalue weighted by molar-refractivity contribution is 5.79. The molecule has 0 aliphatic carbocycles. The topological polar surface area (TPSA) is 84.5 Å². The van der Waals surface area contributed by atoms with Crippen LogP contribution in [0.15, 0.2) is 83.7 Å². The van der Waals surface area contributed by atoms with Crippen LogP contribution in [0.2, 0.25) is 0 Å². The fourth-order valence-corrected chi connectivity index (χ4v) is 3.76. The van der Waals surface area contributed by atoms with Crippen LogP contribution < -0.4 is 15.0 Å². The summed E-state index contributed by atoms with van der Waals surface area (Å²) in [5, 5.41) is 0.508. The molecule has 0 aliphatic rings. The molecule has 0 saturated carbocycles. The zero-order chi connectivity index (χ0) is 24.6. The molecular formula is C28H27N3O4. The quantitative estimate of drug-likeness (QED) is 0.388. The fourth-order valence-electron chi connectivity index (χ4n) is 3.76. The second-order valence-corrected chi connectivity index (χ2v) is 7.96. The van der Waals surface area contributed by atoms with Gasteiger partial charge in [0.25, 0.3) is 11.5 Å². The van der Waals surface area contributed by atoms with Crippen molar-refractivity contribution in [2.45, 2.75) is 20.0 Å². The van der Waals surface area contributed by atoms with E-state index < -0.39 is 0 Å². The number of H-pyrrole nitrogens is 1. The van der Waals surface area contributed by atoms with E-state index in [1.54, 1.807) is 36.3 Å². The predicted molar refractivity (Wildman–Crippen MR) is 136 cm³/mol. The standard InChI is InChI=1S/C28H27N3O4/c1-3-9-20-14-15-24(25(16-20)34-2)35-19-27(32)31(17-21-10-5-4-6-11-21)18-26-29-23-13-8-7-12-22(23)28(33)30-26/h3-16H,17-19H2,1-2H3,(H,29,30,33)/b9-3+. The molecule has 0 saturated heterocycles. The molecule has 0 unspecified atom stereocenters. The largest absolute Gasteiger partial charge is 0.493 e. The number of nitrogens with one attached hydrogen (secondary N) is 1. The minimum absolute atomic E-state index is 0.133. The molecule has 178 valence electrons. The van der Waals surface area contributed by atoms with Gasteiger partial charge >= 0.3 is 0 Å². The second kappa shape index (κ2) is 11.2. The van der Waals surface area contributed by atoms with Gasteiger partial charge in [-0.15, -0.1) is 0 Å². The van der Waals surface area contributed by atoms with Crippen LogP contribution in [0.5, 0.6) is 11.5 Å². The van der Waals surface area contributed by atoms with Gasteiger partial charge in [0.1, 0.15) is 5.82 Å². The summed E-state index contributed by atoms with van der Waals surface area (Å²) < 4.78 is 11.3. The van der Waals surface area contributed by atoms with Gasteiger partial charge in [-0.2, -0.15) is 0 Å². The van der Waals surface area contributed by atoms with Gasteiger partial charge in [0, 0.05) is 6.54 Å². The number of para-hydroxylation sites is 1. The Labute approximate surface area is 203 Å². The van der Waals surface area contributed by atoms with Gasteiger partial charge < -0.3 is 19.4 Å². The molecule has 7 heteroatoms. The summed E-state index contributed by atoms with van der Waals surface area (Å²) in [5.41, 5.74) is 2.28. The Balaban J connectivity index is 1.56. The Morgan fingerprint density at radius 2 is 1.77 bits per heavy atom. The lowest BCUT2D eigenvalue weighted by molar-refractivity contribution is -0.134. The molecule has 4 aromatic rings. The molecule has 0 atom stereocenters. The summed E-state index contributed by atoms with van der Waals surface area (Å²) in [5.74, 6) is 1.19. The molecule has 4 rings (SSSR count). The molecule has 0 aliphatic heterocycles. The first-order valence-electron chi connectivity index (χ1n) is 11.3. The Morgan fingerprint density at radius 1 is 1.00 bits per heavy atom. The first kappa shape index (κ1) is 23.8. The van der Waals surface area contributed by atoms with Crippen LogP contribution in [-0.4, -0.2) is 34.5 Å². The summed E-state index contributed by atoms with van der Waals surface area (Å²) in [6, 6.07) is 22.3. The Hall–Kier alpha value is -4.39. The van der Waals surface area contributed by atoms with Gasteiger partial charge in [-0.25, -0.2) is 4.98 Å². The number of hydrogen-bond acceptors (Lipinski definition) is 5. The summed E-state index contributed by atoms with van der Waals surface area (Å²) >= 11 is 0. The van der Waals surface area contributed by atoms with Crippen LogP contribution in [0.1, 0.15) is 23.9 Å². The fraction of sp³-hybridized carbons (Fsp3) is 0.179. The lowest BCUT2D eigenvalue weighted by Gasteiger charge is -2.23. The number of aromatic nitrogens is 2.